The Bertz CT molecular complexity index is 908. The van der Waals surface area contributed by atoms with Crippen LogP contribution in [0.15, 0.2) is 40.2 Å². The highest BCUT2D eigenvalue weighted by molar-refractivity contribution is 7.13. The van der Waals surface area contributed by atoms with Crippen LogP contribution in [-0.2, 0) is 11.2 Å². The van der Waals surface area contributed by atoms with E-state index < -0.39 is 5.82 Å². The summed E-state index contributed by atoms with van der Waals surface area (Å²) in [7, 11) is 0. The molecule has 2 aromatic heterocycles. The van der Waals surface area contributed by atoms with Gasteiger partial charge >= 0.3 is 0 Å². The summed E-state index contributed by atoms with van der Waals surface area (Å²) in [4.78, 5) is 19.6. The highest BCUT2D eigenvalue weighted by Gasteiger charge is 2.31. The van der Waals surface area contributed by atoms with E-state index in [1.54, 1.807) is 11.0 Å². The third kappa shape index (κ3) is 3.37. The number of thiophene rings is 1. The minimum atomic E-state index is -0.458. The highest BCUT2D eigenvalue weighted by Crippen LogP contribution is 2.29. The van der Waals surface area contributed by atoms with Gasteiger partial charge in [0, 0.05) is 29.6 Å². The predicted octanol–water partition coefficient (Wildman–Crippen LogP) is 4.15. The maximum Gasteiger partial charge on any atom is 0.267 e. The van der Waals surface area contributed by atoms with Crippen molar-refractivity contribution in [2.45, 2.75) is 18.8 Å². The fraction of sp³-hybridized carbons (Fsp3) is 0.278. The third-order valence-electron chi connectivity index (χ3n) is 4.47. The van der Waals surface area contributed by atoms with Gasteiger partial charge in [0.1, 0.15) is 5.82 Å². The van der Waals surface area contributed by atoms with Gasteiger partial charge in [-0.05, 0) is 30.0 Å². The van der Waals surface area contributed by atoms with Crippen LogP contribution in [0.4, 0.5) is 4.39 Å². The van der Waals surface area contributed by atoms with Gasteiger partial charge in [0.2, 0.25) is 5.91 Å². The van der Waals surface area contributed by atoms with Crippen molar-refractivity contribution in [3.63, 3.8) is 0 Å². The summed E-state index contributed by atoms with van der Waals surface area (Å²) >= 11 is 7.55. The average Bonchev–Trinajstić information content (AvgIpc) is 3.38. The lowest BCUT2D eigenvalue weighted by molar-refractivity contribution is -0.129. The summed E-state index contributed by atoms with van der Waals surface area (Å²) in [5, 5.41) is 6.28. The van der Waals surface area contributed by atoms with Gasteiger partial charge in [0.15, 0.2) is 5.82 Å². The van der Waals surface area contributed by atoms with Gasteiger partial charge in [0.25, 0.3) is 5.89 Å². The minimum absolute atomic E-state index is 0.0208. The second kappa shape index (κ2) is 7.17. The quantitative estimate of drug-likeness (QED) is 0.670. The molecule has 1 aliphatic heterocycles. The van der Waals surface area contributed by atoms with E-state index in [-0.39, 0.29) is 28.8 Å². The van der Waals surface area contributed by atoms with Crippen molar-refractivity contribution >= 4 is 28.8 Å². The molecule has 8 heteroatoms. The summed E-state index contributed by atoms with van der Waals surface area (Å²) in [6.45, 7) is 1.08. The first kappa shape index (κ1) is 17.2. The lowest BCUT2D eigenvalue weighted by atomic mass is 10.1. The second-order valence-corrected chi connectivity index (χ2v) is 7.49. The van der Waals surface area contributed by atoms with Gasteiger partial charge in [-0.25, -0.2) is 4.39 Å². The lowest BCUT2D eigenvalue weighted by Crippen LogP contribution is -2.30. The van der Waals surface area contributed by atoms with Crippen LogP contribution in [0.2, 0.25) is 5.02 Å². The molecule has 1 aromatic carbocycles. The van der Waals surface area contributed by atoms with Crippen molar-refractivity contribution in [1.29, 1.82) is 0 Å². The van der Waals surface area contributed by atoms with Crippen molar-refractivity contribution in [3.05, 3.63) is 57.9 Å². The summed E-state index contributed by atoms with van der Waals surface area (Å²) in [6.07, 6.45) is 0.699. The van der Waals surface area contributed by atoms with Crippen LogP contribution in [0.3, 0.4) is 0 Å². The van der Waals surface area contributed by atoms with Gasteiger partial charge in [-0.1, -0.05) is 28.9 Å². The predicted molar refractivity (Wildman–Crippen MR) is 96.7 cm³/mol. The molecule has 4 rings (SSSR count). The largest absolute Gasteiger partial charge is 0.342 e. The Balaban J connectivity index is 1.43. The van der Waals surface area contributed by atoms with E-state index in [2.05, 4.69) is 10.1 Å². The molecule has 0 saturated carbocycles. The Morgan fingerprint density at radius 2 is 2.27 bits per heavy atom. The minimum Gasteiger partial charge on any atom is -0.342 e. The van der Waals surface area contributed by atoms with E-state index in [0.29, 0.717) is 24.8 Å². The topological polar surface area (TPSA) is 59.2 Å². The van der Waals surface area contributed by atoms with Crippen molar-refractivity contribution in [2.24, 2.45) is 0 Å². The molecule has 1 aliphatic rings. The van der Waals surface area contributed by atoms with Crippen molar-refractivity contribution < 1.29 is 13.7 Å². The van der Waals surface area contributed by atoms with Gasteiger partial charge in [-0.15, -0.1) is 11.3 Å². The Labute approximate surface area is 158 Å². The second-order valence-electron chi connectivity index (χ2n) is 6.14. The molecular formula is C18H15ClFN3O2S. The maximum atomic E-state index is 13.9. The molecule has 0 spiro atoms. The number of carbonyl (C=O) groups excluding carboxylic acids is 1. The zero-order chi connectivity index (χ0) is 18.1. The molecule has 0 unspecified atom stereocenters. The Morgan fingerprint density at radius 1 is 1.38 bits per heavy atom. The highest BCUT2D eigenvalue weighted by atomic mass is 35.5. The molecule has 0 radical (unpaired) electrons. The molecule has 0 bridgehead atoms. The molecule has 3 heterocycles. The number of amides is 1. The zero-order valence-corrected chi connectivity index (χ0v) is 15.3. The van der Waals surface area contributed by atoms with Gasteiger partial charge < -0.3 is 9.42 Å². The van der Waals surface area contributed by atoms with Crippen molar-refractivity contribution in [3.8, 4) is 10.8 Å². The summed E-state index contributed by atoms with van der Waals surface area (Å²) < 4.78 is 19.2. The van der Waals surface area contributed by atoms with Crippen LogP contribution in [-0.4, -0.2) is 34.0 Å². The van der Waals surface area contributed by atoms with E-state index in [1.807, 2.05) is 17.5 Å². The number of likely N-dealkylation sites (tertiary alicyclic amines) is 1. The molecule has 0 N–H and O–H groups in total. The van der Waals surface area contributed by atoms with Gasteiger partial charge in [-0.2, -0.15) is 4.98 Å². The average molecular weight is 392 g/mol. The Hall–Kier alpha value is -2.25. The summed E-state index contributed by atoms with van der Waals surface area (Å²) in [6, 6.07) is 8.27. The number of aromatic nitrogens is 2. The number of halogens is 2. The lowest BCUT2D eigenvalue weighted by Gasteiger charge is -2.16. The van der Waals surface area contributed by atoms with Crippen LogP contribution >= 0.6 is 22.9 Å². The van der Waals surface area contributed by atoms with E-state index in [9.17, 15) is 9.18 Å². The van der Waals surface area contributed by atoms with Crippen LogP contribution in [0.1, 0.15) is 23.7 Å². The maximum absolute atomic E-state index is 13.9. The molecular weight excluding hydrogens is 377 g/mol. The normalized spacial score (nSPS) is 17.0. The number of rotatable bonds is 4. The van der Waals surface area contributed by atoms with E-state index >= 15 is 0 Å². The van der Waals surface area contributed by atoms with E-state index in [4.69, 9.17) is 16.1 Å². The third-order valence-corrected chi connectivity index (χ3v) is 5.68. The molecule has 5 nitrogen and oxygen atoms in total. The van der Waals surface area contributed by atoms with Crippen LogP contribution in [0.5, 0.6) is 0 Å². The van der Waals surface area contributed by atoms with Crippen molar-refractivity contribution in [1.82, 2.24) is 15.0 Å². The fourth-order valence-corrected chi connectivity index (χ4v) is 3.94. The molecule has 26 heavy (non-hydrogen) atoms. The number of carbonyl (C=O) groups is 1. The molecule has 1 atom stereocenters. The Morgan fingerprint density at radius 3 is 3.04 bits per heavy atom. The fourth-order valence-electron chi connectivity index (χ4n) is 3.06. The first-order chi connectivity index (χ1) is 12.6. The number of hydrogen-bond donors (Lipinski definition) is 0. The van der Waals surface area contributed by atoms with E-state index in [0.717, 1.165) is 11.3 Å². The Kier molecular flexibility index (Phi) is 4.74. The monoisotopic (exact) mass is 391 g/mol. The molecule has 1 amide bonds. The van der Waals surface area contributed by atoms with Crippen LogP contribution in [0, 0.1) is 5.82 Å². The smallest absolute Gasteiger partial charge is 0.267 e. The number of benzene rings is 1. The van der Waals surface area contributed by atoms with Crippen molar-refractivity contribution in [2.75, 3.05) is 13.1 Å². The zero-order valence-electron chi connectivity index (χ0n) is 13.7. The first-order valence-corrected chi connectivity index (χ1v) is 9.45. The standard InChI is InChI=1S/C18H15ClFN3O2S/c19-13-3-1-4-14(20)12(13)9-16(24)23-7-6-11(10-23)17-21-18(25-22-17)15-5-2-8-26-15/h1-5,8,11H,6-7,9-10H2/t11-/m1/s1. The molecule has 134 valence electrons. The van der Waals surface area contributed by atoms with Crippen LogP contribution in [0.25, 0.3) is 10.8 Å². The summed E-state index contributed by atoms with van der Waals surface area (Å²) in [5.41, 5.74) is 0.238. The molecule has 3 aromatic rings. The summed E-state index contributed by atoms with van der Waals surface area (Å²) in [5.74, 6) is 0.514. The molecule has 1 saturated heterocycles. The SMILES string of the molecule is O=C(Cc1c(F)cccc1Cl)N1CC[C@@H](c2noc(-c3cccs3)n2)C1. The number of nitrogens with zero attached hydrogens (tertiary/aromatic N) is 3. The molecule has 0 aliphatic carbocycles. The van der Waals surface area contributed by atoms with Gasteiger partial charge in [-0.3, -0.25) is 4.79 Å². The van der Waals surface area contributed by atoms with Gasteiger partial charge in [0.05, 0.1) is 11.3 Å². The van der Waals surface area contributed by atoms with Crippen LogP contribution < -0.4 is 0 Å². The van der Waals surface area contributed by atoms with E-state index in [1.165, 1.54) is 23.5 Å². The molecule has 1 fully saturated rings. The number of hydrogen-bond acceptors (Lipinski definition) is 5. The first-order valence-electron chi connectivity index (χ1n) is 8.20.